The number of fused-ring (bicyclic) bond motifs is 1. The lowest BCUT2D eigenvalue weighted by Crippen LogP contribution is -2.41. The highest BCUT2D eigenvalue weighted by Gasteiger charge is 2.31. The molecule has 2 N–H and O–H groups in total. The van der Waals surface area contributed by atoms with Gasteiger partial charge in [-0.25, -0.2) is 0 Å². The molecule has 1 heterocycles. The number of guanidine groups is 1. The van der Waals surface area contributed by atoms with Crippen LogP contribution in [-0.4, -0.2) is 43.3 Å². The van der Waals surface area contributed by atoms with Crippen molar-refractivity contribution in [2.24, 2.45) is 4.99 Å². The van der Waals surface area contributed by atoms with Crippen LogP contribution in [0.25, 0.3) is 10.8 Å². The number of thioether (sulfide) groups is 1. The Kier molecular flexibility index (Phi) is 9.37. The number of rotatable bonds is 6. The van der Waals surface area contributed by atoms with Crippen LogP contribution < -0.4 is 10.6 Å². The fourth-order valence-corrected chi connectivity index (χ4v) is 4.39. The number of hydrogen-bond donors (Lipinski definition) is 2. The highest BCUT2D eigenvalue weighted by atomic mass is 127. The van der Waals surface area contributed by atoms with Gasteiger partial charge in [0.2, 0.25) is 0 Å². The van der Waals surface area contributed by atoms with Gasteiger partial charge in [-0.1, -0.05) is 42.5 Å². The van der Waals surface area contributed by atoms with Gasteiger partial charge in [0.05, 0.1) is 12.6 Å². The number of ether oxygens (including phenoxy) is 1. The molecule has 0 aliphatic carbocycles. The summed E-state index contributed by atoms with van der Waals surface area (Å²) >= 11 is 1.93. The molecule has 0 amide bonds. The van der Waals surface area contributed by atoms with E-state index in [4.69, 9.17) is 9.73 Å². The van der Waals surface area contributed by atoms with Crippen molar-refractivity contribution in [3.8, 4) is 0 Å². The molecule has 0 aromatic heterocycles. The number of benzene rings is 2. The molecule has 1 unspecified atom stereocenters. The van der Waals surface area contributed by atoms with E-state index in [2.05, 4.69) is 73.2 Å². The third-order valence-electron chi connectivity index (χ3n) is 5.35. The van der Waals surface area contributed by atoms with Gasteiger partial charge in [0, 0.05) is 24.5 Å². The summed E-state index contributed by atoms with van der Waals surface area (Å²) in [7, 11) is 0. The van der Waals surface area contributed by atoms with E-state index < -0.39 is 0 Å². The van der Waals surface area contributed by atoms with Gasteiger partial charge in [0.15, 0.2) is 5.96 Å². The SMILES string of the molecule is CCNC(=NCC1(SC)CCOCC1)NC(C)c1cccc2ccccc12.I. The molecular weight excluding hydrogens is 481 g/mol. The van der Waals surface area contributed by atoms with E-state index >= 15 is 0 Å². The quantitative estimate of drug-likeness (QED) is 0.325. The van der Waals surface area contributed by atoms with Gasteiger partial charge < -0.3 is 15.4 Å². The van der Waals surface area contributed by atoms with E-state index in [-0.39, 0.29) is 34.8 Å². The van der Waals surface area contributed by atoms with E-state index in [1.165, 1.54) is 16.3 Å². The predicted molar refractivity (Wildman–Crippen MR) is 133 cm³/mol. The maximum absolute atomic E-state index is 5.55. The average molecular weight is 513 g/mol. The van der Waals surface area contributed by atoms with Crippen molar-refractivity contribution in [1.82, 2.24) is 10.6 Å². The zero-order chi connectivity index (χ0) is 19.1. The van der Waals surface area contributed by atoms with E-state index in [9.17, 15) is 0 Å². The average Bonchev–Trinajstić information content (AvgIpc) is 2.72. The monoisotopic (exact) mass is 513 g/mol. The molecule has 0 bridgehead atoms. The molecule has 1 fully saturated rings. The van der Waals surface area contributed by atoms with Gasteiger partial charge in [-0.3, -0.25) is 4.99 Å². The Balaban J connectivity index is 0.00000280. The fourth-order valence-electron chi connectivity index (χ4n) is 3.62. The number of nitrogens with zero attached hydrogens (tertiary/aromatic N) is 1. The number of nitrogens with one attached hydrogen (secondary N) is 2. The molecular formula is C22H32IN3OS. The highest BCUT2D eigenvalue weighted by molar-refractivity contribution is 14.0. The van der Waals surface area contributed by atoms with Gasteiger partial charge in [-0.2, -0.15) is 11.8 Å². The summed E-state index contributed by atoms with van der Waals surface area (Å²) in [5, 5.41) is 9.58. The first-order chi connectivity index (χ1) is 13.2. The van der Waals surface area contributed by atoms with Crippen molar-refractivity contribution in [2.75, 3.05) is 32.6 Å². The normalized spacial score (nSPS) is 17.6. The Labute approximate surface area is 190 Å². The first-order valence-corrected chi connectivity index (χ1v) is 11.1. The van der Waals surface area contributed by atoms with Crippen molar-refractivity contribution in [1.29, 1.82) is 0 Å². The fraction of sp³-hybridized carbons (Fsp3) is 0.500. The van der Waals surface area contributed by atoms with Crippen molar-refractivity contribution in [3.05, 3.63) is 48.0 Å². The van der Waals surface area contributed by atoms with Crippen LogP contribution in [0.5, 0.6) is 0 Å². The van der Waals surface area contributed by atoms with Gasteiger partial charge in [-0.05, 0) is 49.3 Å². The standard InChI is InChI=1S/C22H31N3OS.HI/c1-4-23-21(24-16-22(27-3)12-14-26-15-13-22)25-17(2)19-11-7-9-18-8-5-6-10-20(18)19;/h5-11,17H,4,12-16H2,1-3H3,(H2,23,24,25);1H. The highest BCUT2D eigenvalue weighted by Crippen LogP contribution is 2.34. The molecule has 4 nitrogen and oxygen atoms in total. The molecule has 1 atom stereocenters. The molecule has 1 aliphatic rings. The Morgan fingerprint density at radius 3 is 2.61 bits per heavy atom. The number of halogens is 1. The lowest BCUT2D eigenvalue weighted by molar-refractivity contribution is 0.0794. The van der Waals surface area contributed by atoms with Crippen LogP contribution in [-0.2, 0) is 4.74 Å². The summed E-state index contributed by atoms with van der Waals surface area (Å²) in [6, 6.07) is 15.2. The second-order valence-corrected chi connectivity index (χ2v) is 8.40. The van der Waals surface area contributed by atoms with Crippen LogP contribution in [0, 0.1) is 0 Å². The number of aliphatic imine (C=N–C) groups is 1. The number of hydrogen-bond acceptors (Lipinski definition) is 3. The van der Waals surface area contributed by atoms with Crippen molar-refractivity contribution in [2.45, 2.75) is 37.5 Å². The van der Waals surface area contributed by atoms with Gasteiger partial charge in [0.1, 0.15) is 0 Å². The first kappa shape index (κ1) is 23.3. The van der Waals surface area contributed by atoms with E-state index in [1.807, 2.05) is 11.8 Å². The maximum atomic E-state index is 5.55. The molecule has 154 valence electrons. The van der Waals surface area contributed by atoms with Crippen LogP contribution in [0.3, 0.4) is 0 Å². The maximum Gasteiger partial charge on any atom is 0.191 e. The summed E-state index contributed by atoms with van der Waals surface area (Å²) in [6.45, 7) is 7.66. The van der Waals surface area contributed by atoms with Crippen LogP contribution in [0.4, 0.5) is 0 Å². The summed E-state index contributed by atoms with van der Waals surface area (Å²) in [6.07, 6.45) is 4.33. The van der Waals surface area contributed by atoms with Crippen molar-refractivity contribution in [3.63, 3.8) is 0 Å². The molecule has 2 aromatic carbocycles. The topological polar surface area (TPSA) is 45.7 Å². The van der Waals surface area contributed by atoms with Gasteiger partial charge in [-0.15, -0.1) is 24.0 Å². The Bertz CT molecular complexity index is 772. The zero-order valence-corrected chi connectivity index (χ0v) is 20.2. The second-order valence-electron chi connectivity index (χ2n) is 7.13. The molecule has 28 heavy (non-hydrogen) atoms. The minimum absolute atomic E-state index is 0. The van der Waals surface area contributed by atoms with Gasteiger partial charge in [0.25, 0.3) is 0 Å². The predicted octanol–water partition coefficient (Wildman–Crippen LogP) is 4.99. The van der Waals surface area contributed by atoms with Crippen LogP contribution in [0.1, 0.15) is 38.3 Å². The Morgan fingerprint density at radius 2 is 1.89 bits per heavy atom. The summed E-state index contributed by atoms with van der Waals surface area (Å²) < 4.78 is 5.75. The lowest BCUT2D eigenvalue weighted by atomic mass is 9.99. The third kappa shape index (κ3) is 5.76. The largest absolute Gasteiger partial charge is 0.381 e. The van der Waals surface area contributed by atoms with Crippen LogP contribution in [0.2, 0.25) is 0 Å². The molecule has 3 rings (SSSR count). The van der Waals surface area contributed by atoms with Crippen LogP contribution in [0.15, 0.2) is 47.5 Å². The first-order valence-electron chi connectivity index (χ1n) is 9.83. The molecule has 0 saturated carbocycles. The summed E-state index contributed by atoms with van der Waals surface area (Å²) in [4.78, 5) is 4.94. The molecule has 2 aromatic rings. The lowest BCUT2D eigenvalue weighted by Gasteiger charge is -2.34. The van der Waals surface area contributed by atoms with E-state index in [0.717, 1.165) is 45.1 Å². The molecule has 1 aliphatic heterocycles. The zero-order valence-electron chi connectivity index (χ0n) is 17.0. The molecule has 0 radical (unpaired) electrons. The molecule has 0 spiro atoms. The van der Waals surface area contributed by atoms with Crippen molar-refractivity contribution < 1.29 is 4.74 Å². The van der Waals surface area contributed by atoms with E-state index in [1.54, 1.807) is 0 Å². The Hall–Kier alpha value is -0.990. The minimum atomic E-state index is 0. The van der Waals surface area contributed by atoms with E-state index in [0.29, 0.717) is 0 Å². The molecule has 1 saturated heterocycles. The third-order valence-corrected chi connectivity index (χ3v) is 6.75. The second kappa shape index (κ2) is 11.3. The smallest absolute Gasteiger partial charge is 0.191 e. The Morgan fingerprint density at radius 1 is 1.18 bits per heavy atom. The summed E-state index contributed by atoms with van der Waals surface area (Å²) in [5.74, 6) is 0.887. The van der Waals surface area contributed by atoms with Crippen LogP contribution >= 0.6 is 35.7 Å². The minimum Gasteiger partial charge on any atom is -0.381 e. The molecule has 6 heteroatoms. The van der Waals surface area contributed by atoms with Gasteiger partial charge >= 0.3 is 0 Å². The summed E-state index contributed by atoms with van der Waals surface area (Å²) in [5.41, 5.74) is 1.30. The van der Waals surface area contributed by atoms with Crippen molar-refractivity contribution >= 4 is 52.5 Å².